The van der Waals surface area contributed by atoms with Crippen molar-refractivity contribution in [1.29, 1.82) is 0 Å². The van der Waals surface area contributed by atoms with E-state index < -0.39 is 6.10 Å². The van der Waals surface area contributed by atoms with Crippen LogP contribution >= 0.6 is 0 Å². The van der Waals surface area contributed by atoms with E-state index in [4.69, 9.17) is 4.74 Å². The van der Waals surface area contributed by atoms with Crippen molar-refractivity contribution < 1.29 is 32.4 Å². The van der Waals surface area contributed by atoms with Crippen LogP contribution in [0.5, 0.6) is 5.75 Å². The van der Waals surface area contributed by atoms with Gasteiger partial charge in [-0.3, -0.25) is 4.79 Å². The number of hydrogen-bond acceptors (Lipinski definition) is 3. The number of Topliss-reactive ketones (excluding diaryl/α,β-unsaturated/α-hetero) is 1. The molecule has 0 amide bonds. The number of carbonyl (C=O) groups excluding carboxylic acids is 1. The molecule has 0 saturated carbocycles. The minimum Gasteiger partial charge on any atom is -1.00 e. The van der Waals surface area contributed by atoms with Crippen molar-refractivity contribution in [2.24, 2.45) is 0 Å². The lowest BCUT2D eigenvalue weighted by molar-refractivity contribution is -0.693. The maximum Gasteiger partial charge on any atom is 0.168 e. The van der Waals surface area contributed by atoms with Crippen molar-refractivity contribution in [1.82, 2.24) is 0 Å². The van der Waals surface area contributed by atoms with Crippen molar-refractivity contribution in [2.75, 3.05) is 13.2 Å². The molecule has 2 atom stereocenters. The number of ketones is 1. The van der Waals surface area contributed by atoms with Crippen LogP contribution in [0.25, 0.3) is 0 Å². The van der Waals surface area contributed by atoms with Gasteiger partial charge in [0.25, 0.3) is 0 Å². The topological polar surface area (TPSA) is 63.1 Å². The maximum atomic E-state index is 12.3. The van der Waals surface area contributed by atoms with E-state index in [0.29, 0.717) is 25.1 Å². The highest BCUT2D eigenvalue weighted by molar-refractivity contribution is 5.96. The summed E-state index contributed by atoms with van der Waals surface area (Å²) < 4.78 is 5.43. The smallest absolute Gasteiger partial charge is 0.168 e. The number of aliphatic hydroxyl groups excluding tert-OH is 1. The lowest BCUT2D eigenvalue weighted by Crippen LogP contribution is -3.00. The summed E-state index contributed by atoms with van der Waals surface area (Å²) in [6.45, 7) is 5.11. The number of hydrogen-bond donors (Lipinski definition) is 2. The molecule has 2 aromatic rings. The molecule has 2 aromatic carbocycles. The molecule has 5 heteroatoms. The Bertz CT molecular complexity index is 648. The summed E-state index contributed by atoms with van der Waals surface area (Å²) in [6, 6.07) is 16.9. The Morgan fingerprint density at radius 3 is 2.56 bits per heavy atom. The van der Waals surface area contributed by atoms with Crippen LogP contribution < -0.4 is 22.5 Å². The average Bonchev–Trinajstić information content (AvgIpc) is 2.62. The van der Waals surface area contributed by atoms with Crippen LogP contribution in [0.3, 0.4) is 0 Å². The van der Waals surface area contributed by atoms with E-state index in [0.717, 1.165) is 11.3 Å². The molecule has 2 unspecified atom stereocenters. The summed E-state index contributed by atoms with van der Waals surface area (Å²) in [5, 5.41) is 12.3. The molecule has 25 heavy (non-hydrogen) atoms. The second-order valence-electron chi connectivity index (χ2n) is 5.87. The van der Waals surface area contributed by atoms with Gasteiger partial charge in [0, 0.05) is 5.56 Å². The van der Waals surface area contributed by atoms with Gasteiger partial charge in [-0.1, -0.05) is 42.5 Å². The van der Waals surface area contributed by atoms with Crippen molar-refractivity contribution in [2.45, 2.75) is 32.4 Å². The Labute approximate surface area is 155 Å². The zero-order chi connectivity index (χ0) is 17.4. The lowest BCUT2D eigenvalue weighted by Gasteiger charge is -2.17. The summed E-state index contributed by atoms with van der Waals surface area (Å²) in [5.41, 5.74) is 1.57. The number of rotatable bonds is 9. The van der Waals surface area contributed by atoms with E-state index in [1.54, 1.807) is 6.07 Å². The molecule has 0 aromatic heterocycles. The van der Waals surface area contributed by atoms with Crippen LogP contribution in [-0.4, -0.2) is 30.1 Å². The van der Waals surface area contributed by atoms with Crippen LogP contribution in [0.1, 0.15) is 42.3 Å². The minimum atomic E-state index is -0.539. The second-order valence-corrected chi connectivity index (χ2v) is 5.87. The normalized spacial score (nSPS) is 12.8. The van der Waals surface area contributed by atoms with Gasteiger partial charge in [-0.2, -0.15) is 0 Å². The summed E-state index contributed by atoms with van der Waals surface area (Å²) in [5.74, 6) is 0.814. The highest BCUT2D eigenvalue weighted by atomic mass is 35.5. The monoisotopic (exact) mass is 363 g/mol. The van der Waals surface area contributed by atoms with Crippen LogP contribution in [0, 0.1) is 0 Å². The van der Waals surface area contributed by atoms with Gasteiger partial charge in [0.1, 0.15) is 17.9 Å². The first-order valence-electron chi connectivity index (χ1n) is 8.44. The quantitative estimate of drug-likeness (QED) is 0.582. The first kappa shape index (κ1) is 21.2. The second kappa shape index (κ2) is 10.9. The third-order valence-corrected chi connectivity index (χ3v) is 4.02. The zero-order valence-electron chi connectivity index (χ0n) is 14.7. The molecule has 0 radical (unpaired) electrons. The van der Waals surface area contributed by atoms with Crippen LogP contribution in [0.2, 0.25) is 0 Å². The SMILES string of the molecule is CCOc1cccc(C(=O)CC[NH2+]C(C)C(O)c2ccccc2)c1.[Cl-]. The molecule has 3 N–H and O–H groups in total. The Kier molecular flexibility index (Phi) is 9.21. The van der Waals surface area contributed by atoms with Gasteiger partial charge >= 0.3 is 0 Å². The summed E-state index contributed by atoms with van der Waals surface area (Å²) in [4.78, 5) is 12.3. The first-order valence-corrected chi connectivity index (χ1v) is 8.44. The molecule has 0 aliphatic heterocycles. The molecule has 0 saturated heterocycles. The predicted molar refractivity (Wildman–Crippen MR) is 94.2 cm³/mol. The van der Waals surface area contributed by atoms with Gasteiger partial charge in [-0.25, -0.2) is 0 Å². The van der Waals surface area contributed by atoms with Gasteiger partial charge in [0.05, 0.1) is 19.6 Å². The van der Waals surface area contributed by atoms with Crippen LogP contribution in [-0.2, 0) is 0 Å². The molecule has 4 nitrogen and oxygen atoms in total. The Balaban J connectivity index is 0.00000312. The standard InChI is InChI=1S/C20H25NO3.ClH/c1-3-24-18-11-7-10-17(14-18)19(22)12-13-21-15(2)20(23)16-8-5-4-6-9-16;/h4-11,14-15,20-21,23H,3,12-13H2,1-2H3;1H. The van der Waals surface area contributed by atoms with E-state index in [-0.39, 0.29) is 24.2 Å². The fourth-order valence-electron chi connectivity index (χ4n) is 2.63. The highest BCUT2D eigenvalue weighted by Gasteiger charge is 2.19. The Morgan fingerprint density at radius 1 is 1.16 bits per heavy atom. The fourth-order valence-corrected chi connectivity index (χ4v) is 2.63. The number of carbonyl (C=O) groups is 1. The molecule has 0 aliphatic rings. The fraction of sp³-hybridized carbons (Fsp3) is 0.350. The van der Waals surface area contributed by atoms with E-state index in [9.17, 15) is 9.90 Å². The number of benzene rings is 2. The molecule has 0 spiro atoms. The van der Waals surface area contributed by atoms with Crippen molar-refractivity contribution in [3.63, 3.8) is 0 Å². The molecule has 0 heterocycles. The first-order chi connectivity index (χ1) is 11.6. The van der Waals surface area contributed by atoms with Crippen molar-refractivity contribution in [3.8, 4) is 5.75 Å². The minimum absolute atomic E-state index is 0. The molecule has 2 rings (SSSR count). The van der Waals surface area contributed by atoms with Gasteiger partial charge in [0.15, 0.2) is 5.78 Å². The van der Waals surface area contributed by atoms with E-state index in [2.05, 4.69) is 0 Å². The Hall–Kier alpha value is -1.88. The molecule has 0 bridgehead atoms. The van der Waals surface area contributed by atoms with E-state index >= 15 is 0 Å². The number of ether oxygens (including phenoxy) is 1. The van der Waals surface area contributed by atoms with Gasteiger partial charge in [-0.05, 0) is 31.5 Å². The van der Waals surface area contributed by atoms with Gasteiger partial charge < -0.3 is 27.6 Å². The molecular formula is C20H26ClNO3. The third-order valence-electron chi connectivity index (χ3n) is 4.02. The largest absolute Gasteiger partial charge is 1.00 e. The van der Waals surface area contributed by atoms with Gasteiger partial charge in [-0.15, -0.1) is 0 Å². The van der Waals surface area contributed by atoms with E-state index in [1.807, 2.05) is 67.7 Å². The predicted octanol–water partition coefficient (Wildman–Crippen LogP) is -0.652. The number of quaternary nitrogens is 1. The molecular weight excluding hydrogens is 338 g/mol. The molecule has 0 aliphatic carbocycles. The zero-order valence-corrected chi connectivity index (χ0v) is 15.4. The number of aliphatic hydroxyl groups is 1. The average molecular weight is 364 g/mol. The summed E-state index contributed by atoms with van der Waals surface area (Å²) in [6.07, 6.45) is -0.107. The summed E-state index contributed by atoms with van der Waals surface area (Å²) in [7, 11) is 0. The summed E-state index contributed by atoms with van der Waals surface area (Å²) >= 11 is 0. The number of nitrogens with two attached hydrogens (primary N) is 1. The molecule has 0 fully saturated rings. The Morgan fingerprint density at radius 2 is 1.88 bits per heavy atom. The van der Waals surface area contributed by atoms with Crippen LogP contribution in [0.4, 0.5) is 0 Å². The lowest BCUT2D eigenvalue weighted by atomic mass is 10.0. The highest BCUT2D eigenvalue weighted by Crippen LogP contribution is 2.15. The van der Waals surface area contributed by atoms with Crippen molar-refractivity contribution >= 4 is 5.78 Å². The molecule has 136 valence electrons. The maximum absolute atomic E-state index is 12.3. The number of halogens is 1. The van der Waals surface area contributed by atoms with Gasteiger partial charge in [0.2, 0.25) is 0 Å². The van der Waals surface area contributed by atoms with E-state index in [1.165, 1.54) is 0 Å². The third kappa shape index (κ3) is 6.50. The van der Waals surface area contributed by atoms with Crippen molar-refractivity contribution in [3.05, 3.63) is 65.7 Å². The van der Waals surface area contributed by atoms with Crippen LogP contribution in [0.15, 0.2) is 54.6 Å².